The number of aryl methyl sites for hydroxylation is 1. The van der Waals surface area contributed by atoms with Crippen molar-refractivity contribution in [2.75, 3.05) is 0 Å². The first-order chi connectivity index (χ1) is 8.30. The van der Waals surface area contributed by atoms with Crippen molar-refractivity contribution in [2.24, 2.45) is 0 Å². The molecular weight excluding hydrogens is 228 g/mol. The van der Waals surface area contributed by atoms with E-state index in [-0.39, 0.29) is 0 Å². The summed E-state index contributed by atoms with van der Waals surface area (Å²) in [6.45, 7) is 7.69. The molecule has 0 bridgehead atoms. The molecule has 1 heterocycles. The van der Waals surface area contributed by atoms with Crippen LogP contribution >= 0.6 is 11.3 Å². The third-order valence-electron chi connectivity index (χ3n) is 3.01. The quantitative estimate of drug-likeness (QED) is 0.716. The lowest BCUT2D eigenvalue weighted by atomic mass is 10.1. The molecule has 3 heteroatoms. The monoisotopic (exact) mass is 254 g/mol. The van der Waals surface area contributed by atoms with Gasteiger partial charge in [0.15, 0.2) is 0 Å². The number of nitrogens with zero attached hydrogens (tertiary/aromatic N) is 1. The first kappa shape index (κ1) is 14.7. The predicted octanol–water partition coefficient (Wildman–Crippen LogP) is 4.15. The van der Waals surface area contributed by atoms with Crippen molar-refractivity contribution in [3.05, 3.63) is 16.1 Å². The van der Waals surface area contributed by atoms with E-state index >= 15 is 0 Å². The van der Waals surface area contributed by atoms with E-state index in [9.17, 15) is 0 Å². The van der Waals surface area contributed by atoms with Crippen molar-refractivity contribution in [3.8, 4) is 0 Å². The summed E-state index contributed by atoms with van der Waals surface area (Å²) in [5.74, 6) is 0. The summed E-state index contributed by atoms with van der Waals surface area (Å²) in [7, 11) is 0. The molecule has 98 valence electrons. The van der Waals surface area contributed by atoms with Crippen molar-refractivity contribution < 1.29 is 0 Å². The summed E-state index contributed by atoms with van der Waals surface area (Å²) >= 11 is 1.84. The van der Waals surface area contributed by atoms with Crippen LogP contribution in [0.4, 0.5) is 0 Å². The van der Waals surface area contributed by atoms with Crippen molar-refractivity contribution >= 4 is 11.3 Å². The average molecular weight is 254 g/mol. The van der Waals surface area contributed by atoms with Gasteiger partial charge in [0.05, 0.1) is 5.01 Å². The molecule has 0 saturated heterocycles. The summed E-state index contributed by atoms with van der Waals surface area (Å²) in [6, 6.07) is 0.687. The fourth-order valence-electron chi connectivity index (χ4n) is 1.99. The molecule has 0 radical (unpaired) electrons. The maximum atomic E-state index is 4.40. The lowest BCUT2D eigenvalue weighted by Gasteiger charge is -2.17. The summed E-state index contributed by atoms with van der Waals surface area (Å²) < 4.78 is 0. The topological polar surface area (TPSA) is 24.9 Å². The van der Waals surface area contributed by atoms with Gasteiger partial charge in [-0.05, 0) is 19.3 Å². The highest BCUT2D eigenvalue weighted by atomic mass is 32.1. The first-order valence-corrected chi connectivity index (χ1v) is 7.78. The lowest BCUT2D eigenvalue weighted by Crippen LogP contribution is -2.28. The zero-order valence-corrected chi connectivity index (χ0v) is 12.3. The van der Waals surface area contributed by atoms with Gasteiger partial charge in [0, 0.05) is 23.7 Å². The lowest BCUT2D eigenvalue weighted by molar-refractivity contribution is 0.435. The van der Waals surface area contributed by atoms with Crippen molar-refractivity contribution in [2.45, 2.75) is 71.9 Å². The summed E-state index contributed by atoms with van der Waals surface area (Å²) in [6.07, 6.45) is 9.58. The number of nitrogens with one attached hydrogen (secondary N) is 1. The molecule has 0 spiro atoms. The Morgan fingerprint density at radius 3 is 2.65 bits per heavy atom. The van der Waals surface area contributed by atoms with Crippen LogP contribution in [0.3, 0.4) is 0 Å². The van der Waals surface area contributed by atoms with Crippen LogP contribution in [0.25, 0.3) is 0 Å². The second-order valence-electron chi connectivity index (χ2n) is 4.58. The predicted molar refractivity (Wildman–Crippen MR) is 76.6 cm³/mol. The third-order valence-corrected chi connectivity index (χ3v) is 4.15. The Labute approximate surface area is 110 Å². The maximum Gasteiger partial charge on any atom is 0.0925 e. The van der Waals surface area contributed by atoms with E-state index in [0.29, 0.717) is 6.04 Å². The highest BCUT2D eigenvalue weighted by molar-refractivity contribution is 7.11. The van der Waals surface area contributed by atoms with Crippen LogP contribution in [-0.2, 0) is 13.0 Å². The molecule has 2 nitrogen and oxygen atoms in total. The van der Waals surface area contributed by atoms with Gasteiger partial charge in [-0.2, -0.15) is 0 Å². The molecule has 0 fully saturated rings. The number of rotatable bonds is 9. The smallest absolute Gasteiger partial charge is 0.0925 e. The molecule has 0 saturated carbocycles. The fourth-order valence-corrected chi connectivity index (χ4v) is 2.80. The second-order valence-corrected chi connectivity index (χ2v) is 5.78. The SMILES string of the molecule is CCCCC(CCC)NCc1cnc(CC)s1. The van der Waals surface area contributed by atoms with Crippen molar-refractivity contribution in [1.29, 1.82) is 0 Å². The molecule has 1 atom stereocenters. The number of hydrogen-bond acceptors (Lipinski definition) is 3. The zero-order chi connectivity index (χ0) is 12.5. The highest BCUT2D eigenvalue weighted by Gasteiger charge is 2.07. The highest BCUT2D eigenvalue weighted by Crippen LogP contribution is 2.14. The molecular formula is C14H26N2S. The van der Waals surface area contributed by atoms with Gasteiger partial charge in [-0.25, -0.2) is 4.98 Å². The number of aromatic nitrogens is 1. The first-order valence-electron chi connectivity index (χ1n) is 6.97. The van der Waals surface area contributed by atoms with Gasteiger partial charge in [-0.3, -0.25) is 0 Å². The third kappa shape index (κ3) is 5.64. The van der Waals surface area contributed by atoms with Gasteiger partial charge in [-0.1, -0.05) is 40.0 Å². The van der Waals surface area contributed by atoms with Crippen molar-refractivity contribution in [1.82, 2.24) is 10.3 Å². The summed E-state index contributed by atoms with van der Waals surface area (Å²) in [5.41, 5.74) is 0. The molecule has 0 aliphatic heterocycles. The molecule has 0 aliphatic rings. The Balaban J connectivity index is 2.34. The maximum absolute atomic E-state index is 4.40. The molecule has 1 aromatic rings. The minimum Gasteiger partial charge on any atom is -0.309 e. The molecule has 0 aromatic carbocycles. The van der Waals surface area contributed by atoms with E-state index in [1.807, 2.05) is 17.5 Å². The van der Waals surface area contributed by atoms with Gasteiger partial charge in [0.25, 0.3) is 0 Å². The largest absolute Gasteiger partial charge is 0.309 e. The van der Waals surface area contributed by atoms with Crippen LogP contribution < -0.4 is 5.32 Å². The fraction of sp³-hybridized carbons (Fsp3) is 0.786. The normalized spacial score (nSPS) is 12.9. The van der Waals surface area contributed by atoms with Gasteiger partial charge >= 0.3 is 0 Å². The minimum absolute atomic E-state index is 0.687. The molecule has 17 heavy (non-hydrogen) atoms. The van der Waals surface area contributed by atoms with E-state index in [1.54, 1.807) is 0 Å². The molecule has 1 unspecified atom stereocenters. The molecule has 0 aliphatic carbocycles. The van der Waals surface area contributed by atoms with E-state index in [0.717, 1.165) is 13.0 Å². The second kappa shape index (κ2) is 8.65. The molecule has 0 amide bonds. The number of hydrogen-bond donors (Lipinski definition) is 1. The van der Waals surface area contributed by atoms with Gasteiger partial charge in [0.2, 0.25) is 0 Å². The average Bonchev–Trinajstić information content (AvgIpc) is 2.80. The Morgan fingerprint density at radius 1 is 1.24 bits per heavy atom. The van der Waals surface area contributed by atoms with Gasteiger partial charge in [-0.15, -0.1) is 11.3 Å². The Kier molecular flexibility index (Phi) is 7.45. The minimum atomic E-state index is 0.687. The van der Waals surface area contributed by atoms with Gasteiger partial charge in [0.1, 0.15) is 0 Å². The van der Waals surface area contributed by atoms with Crippen molar-refractivity contribution in [3.63, 3.8) is 0 Å². The van der Waals surface area contributed by atoms with E-state index in [4.69, 9.17) is 0 Å². The van der Waals surface area contributed by atoms with Crippen LogP contribution in [-0.4, -0.2) is 11.0 Å². The van der Waals surface area contributed by atoms with Crippen LogP contribution in [0.15, 0.2) is 6.20 Å². The summed E-state index contributed by atoms with van der Waals surface area (Å²) in [5, 5.41) is 4.93. The molecule has 1 aromatic heterocycles. The molecule has 1 rings (SSSR count). The van der Waals surface area contributed by atoms with Crippen LogP contribution in [0.2, 0.25) is 0 Å². The van der Waals surface area contributed by atoms with E-state index < -0.39 is 0 Å². The zero-order valence-electron chi connectivity index (χ0n) is 11.5. The molecule has 1 N–H and O–H groups in total. The van der Waals surface area contributed by atoms with E-state index in [1.165, 1.54) is 42.0 Å². The van der Waals surface area contributed by atoms with Crippen LogP contribution in [0.5, 0.6) is 0 Å². The standard InChI is InChI=1S/C14H26N2S/c1-4-7-9-12(8-5-2)15-10-13-11-16-14(6-3)17-13/h11-12,15H,4-10H2,1-3H3. The Hall–Kier alpha value is -0.410. The summed E-state index contributed by atoms with van der Waals surface area (Å²) in [4.78, 5) is 5.77. The van der Waals surface area contributed by atoms with Gasteiger partial charge < -0.3 is 5.32 Å². The number of unbranched alkanes of at least 4 members (excludes halogenated alkanes) is 1. The Morgan fingerprint density at radius 2 is 2.06 bits per heavy atom. The number of thiazole rings is 1. The van der Waals surface area contributed by atoms with Crippen LogP contribution in [0, 0.1) is 0 Å². The van der Waals surface area contributed by atoms with E-state index in [2.05, 4.69) is 31.1 Å². The Bertz CT molecular complexity index is 296. The van der Waals surface area contributed by atoms with Crippen LogP contribution in [0.1, 0.15) is 62.8 Å².